The molecule has 0 atom stereocenters. The molecule has 0 aliphatic carbocycles. The Morgan fingerprint density at radius 3 is 2.88 bits per heavy atom. The topological polar surface area (TPSA) is 63.9 Å². The van der Waals surface area contributed by atoms with Crippen LogP contribution < -0.4 is 4.90 Å². The third kappa shape index (κ3) is 4.25. The van der Waals surface area contributed by atoms with Crippen LogP contribution in [0.5, 0.6) is 0 Å². The Bertz CT molecular complexity index is 890. The zero-order valence-corrected chi connectivity index (χ0v) is 17.0. The zero-order valence-electron chi connectivity index (χ0n) is 14.6. The van der Waals surface area contributed by atoms with E-state index < -0.39 is 0 Å². The fourth-order valence-corrected chi connectivity index (χ4v) is 4.63. The molecule has 0 aromatic carbocycles. The molecule has 3 aromatic heterocycles. The molecule has 0 unspecified atom stereocenters. The van der Waals surface area contributed by atoms with Crippen LogP contribution in [0.15, 0.2) is 35.1 Å². The molecule has 26 heavy (non-hydrogen) atoms. The van der Waals surface area contributed by atoms with Crippen LogP contribution >= 0.6 is 34.7 Å². The van der Waals surface area contributed by atoms with Gasteiger partial charge in [0.1, 0.15) is 10.0 Å². The van der Waals surface area contributed by atoms with Crippen molar-refractivity contribution in [1.29, 1.82) is 0 Å². The molecule has 0 N–H and O–H groups in total. The number of carbonyl (C=O) groups excluding carboxylic acids is 1. The molecule has 1 amide bonds. The summed E-state index contributed by atoms with van der Waals surface area (Å²) < 4.78 is 2.61. The lowest BCUT2D eigenvalue weighted by atomic mass is 10.4. The van der Waals surface area contributed by atoms with Crippen LogP contribution in [-0.4, -0.2) is 38.5 Å². The van der Waals surface area contributed by atoms with Crippen molar-refractivity contribution in [2.24, 2.45) is 0 Å². The third-order valence-corrected chi connectivity index (χ3v) is 6.33. The number of amides is 1. The summed E-state index contributed by atoms with van der Waals surface area (Å²) in [5.41, 5.74) is 2.41. The summed E-state index contributed by atoms with van der Waals surface area (Å²) >= 11 is 9.49. The van der Waals surface area contributed by atoms with E-state index in [1.807, 2.05) is 19.1 Å². The van der Waals surface area contributed by atoms with E-state index in [2.05, 4.69) is 22.0 Å². The van der Waals surface area contributed by atoms with Gasteiger partial charge in [0.15, 0.2) is 5.15 Å². The quantitative estimate of drug-likeness (QED) is 0.574. The normalized spacial score (nSPS) is 10.9. The maximum absolute atomic E-state index is 12.5. The van der Waals surface area contributed by atoms with Gasteiger partial charge in [0.25, 0.3) is 0 Å². The van der Waals surface area contributed by atoms with Crippen molar-refractivity contribution in [3.63, 3.8) is 0 Å². The van der Waals surface area contributed by atoms with Gasteiger partial charge >= 0.3 is 0 Å². The van der Waals surface area contributed by atoms with Crippen molar-refractivity contribution < 1.29 is 4.79 Å². The van der Waals surface area contributed by atoms with Crippen LogP contribution in [0.2, 0.25) is 5.15 Å². The van der Waals surface area contributed by atoms with E-state index in [1.165, 1.54) is 4.88 Å². The van der Waals surface area contributed by atoms with Crippen molar-refractivity contribution >= 4 is 46.3 Å². The van der Waals surface area contributed by atoms with Crippen LogP contribution in [0.25, 0.3) is 5.69 Å². The number of hydrogen-bond donors (Lipinski definition) is 0. The number of pyridine rings is 1. The summed E-state index contributed by atoms with van der Waals surface area (Å²) in [5, 5.41) is 4.54. The van der Waals surface area contributed by atoms with Gasteiger partial charge in [0.2, 0.25) is 5.91 Å². The van der Waals surface area contributed by atoms with E-state index in [0.29, 0.717) is 17.9 Å². The van der Waals surface area contributed by atoms with Crippen molar-refractivity contribution in [3.05, 3.63) is 46.4 Å². The SMILES string of the molecule is Cc1nc(SCCC(=O)N(C)c2cn(-c3cccnc3)nc2Cl)sc1C. The summed E-state index contributed by atoms with van der Waals surface area (Å²) in [4.78, 5) is 23.8. The molecule has 0 fully saturated rings. The minimum absolute atomic E-state index is 0.0184. The maximum atomic E-state index is 12.5. The fourth-order valence-electron chi connectivity index (χ4n) is 2.22. The van der Waals surface area contributed by atoms with Gasteiger partial charge in [-0.25, -0.2) is 9.67 Å². The Balaban J connectivity index is 1.62. The van der Waals surface area contributed by atoms with Crippen molar-refractivity contribution in [2.45, 2.75) is 24.6 Å². The molecule has 6 nitrogen and oxygen atoms in total. The highest BCUT2D eigenvalue weighted by Crippen LogP contribution is 2.28. The van der Waals surface area contributed by atoms with Gasteiger partial charge < -0.3 is 4.90 Å². The molecular weight excluding hydrogens is 390 g/mol. The molecular formula is C17H18ClN5OS2. The second-order valence-electron chi connectivity index (χ2n) is 5.63. The molecule has 0 saturated heterocycles. The van der Waals surface area contributed by atoms with Crippen molar-refractivity contribution in [2.75, 3.05) is 17.7 Å². The number of aromatic nitrogens is 4. The number of rotatable bonds is 6. The number of aryl methyl sites for hydroxylation is 2. The number of carbonyl (C=O) groups is 1. The summed E-state index contributed by atoms with van der Waals surface area (Å²) in [7, 11) is 1.71. The van der Waals surface area contributed by atoms with Crippen molar-refractivity contribution in [3.8, 4) is 5.69 Å². The molecule has 3 rings (SSSR count). The van der Waals surface area contributed by atoms with Gasteiger partial charge in [-0.05, 0) is 26.0 Å². The molecule has 0 saturated carbocycles. The lowest BCUT2D eigenvalue weighted by molar-refractivity contribution is -0.117. The molecule has 3 aromatic rings. The monoisotopic (exact) mass is 407 g/mol. The van der Waals surface area contributed by atoms with Crippen LogP contribution in [0.1, 0.15) is 17.0 Å². The zero-order chi connectivity index (χ0) is 18.7. The fraction of sp³-hybridized carbons (Fsp3) is 0.294. The molecule has 0 spiro atoms. The predicted octanol–water partition coefficient (Wildman–Crippen LogP) is 4.14. The van der Waals surface area contributed by atoms with E-state index in [4.69, 9.17) is 11.6 Å². The molecule has 0 aliphatic rings. The van der Waals surface area contributed by atoms with Gasteiger partial charge in [-0.2, -0.15) is 5.10 Å². The lowest BCUT2D eigenvalue weighted by Crippen LogP contribution is -2.26. The molecule has 3 heterocycles. The lowest BCUT2D eigenvalue weighted by Gasteiger charge is -2.15. The summed E-state index contributed by atoms with van der Waals surface area (Å²) in [6.07, 6.45) is 5.50. The minimum Gasteiger partial charge on any atom is -0.311 e. The average molecular weight is 408 g/mol. The summed E-state index contributed by atoms with van der Waals surface area (Å²) in [5.74, 6) is 0.652. The van der Waals surface area contributed by atoms with Crippen molar-refractivity contribution in [1.82, 2.24) is 19.7 Å². The van der Waals surface area contributed by atoms with Gasteiger partial charge in [0, 0.05) is 30.3 Å². The van der Waals surface area contributed by atoms with Gasteiger partial charge in [0.05, 0.1) is 23.8 Å². The second-order valence-corrected chi connectivity index (χ2v) is 8.54. The number of halogens is 1. The first kappa shape index (κ1) is 18.9. The van der Waals surface area contributed by atoms with Gasteiger partial charge in [-0.3, -0.25) is 9.78 Å². The van der Waals surface area contributed by atoms with Gasteiger partial charge in [-0.15, -0.1) is 11.3 Å². The third-order valence-electron chi connectivity index (χ3n) is 3.85. The van der Waals surface area contributed by atoms with E-state index in [0.717, 1.165) is 15.7 Å². The first-order chi connectivity index (χ1) is 12.5. The van der Waals surface area contributed by atoms with Gasteiger partial charge in [-0.1, -0.05) is 23.4 Å². The standard InChI is InChI=1S/C17H18ClN5OS2/c1-11-12(2)26-17(20-11)25-8-6-15(24)22(3)14-10-23(21-16(14)18)13-5-4-7-19-9-13/h4-5,7,9-10H,6,8H2,1-3H3. The first-order valence-corrected chi connectivity index (χ1v) is 10.1. The molecule has 9 heteroatoms. The smallest absolute Gasteiger partial charge is 0.227 e. The molecule has 136 valence electrons. The predicted molar refractivity (Wildman–Crippen MR) is 107 cm³/mol. The Hall–Kier alpha value is -1.90. The average Bonchev–Trinajstić information content (AvgIpc) is 3.17. The minimum atomic E-state index is -0.0184. The Morgan fingerprint density at radius 1 is 1.42 bits per heavy atom. The highest BCUT2D eigenvalue weighted by Gasteiger charge is 2.18. The number of thiazole rings is 1. The first-order valence-electron chi connectivity index (χ1n) is 7.94. The molecule has 0 bridgehead atoms. The number of thioether (sulfide) groups is 1. The highest BCUT2D eigenvalue weighted by molar-refractivity contribution is 8.01. The highest BCUT2D eigenvalue weighted by atomic mass is 35.5. The number of nitrogens with zero attached hydrogens (tertiary/aromatic N) is 5. The number of anilines is 1. The maximum Gasteiger partial charge on any atom is 0.227 e. The Morgan fingerprint density at radius 2 is 2.23 bits per heavy atom. The van der Waals surface area contributed by atoms with E-state index in [1.54, 1.807) is 58.3 Å². The number of hydrogen-bond acceptors (Lipinski definition) is 6. The Kier molecular flexibility index (Phi) is 5.95. The van der Waals surface area contributed by atoms with E-state index in [-0.39, 0.29) is 11.1 Å². The second kappa shape index (κ2) is 8.20. The van der Waals surface area contributed by atoms with Crippen LogP contribution in [0, 0.1) is 13.8 Å². The Labute approximate surface area is 165 Å². The van der Waals surface area contributed by atoms with Crippen LogP contribution in [0.4, 0.5) is 5.69 Å². The largest absolute Gasteiger partial charge is 0.311 e. The molecule has 0 radical (unpaired) electrons. The summed E-state index contributed by atoms with van der Waals surface area (Å²) in [6, 6.07) is 3.69. The summed E-state index contributed by atoms with van der Waals surface area (Å²) in [6.45, 7) is 4.05. The van der Waals surface area contributed by atoms with Crippen LogP contribution in [-0.2, 0) is 4.79 Å². The van der Waals surface area contributed by atoms with E-state index >= 15 is 0 Å². The molecule has 0 aliphatic heterocycles. The van der Waals surface area contributed by atoms with Crippen LogP contribution in [0.3, 0.4) is 0 Å². The van der Waals surface area contributed by atoms with E-state index in [9.17, 15) is 4.79 Å².